The second-order valence-electron chi connectivity index (χ2n) is 5.59. The highest BCUT2D eigenvalue weighted by atomic mass is 127. The monoisotopic (exact) mass is 442 g/mol. The quantitative estimate of drug-likeness (QED) is 0.449. The number of benzene rings is 1. The van der Waals surface area contributed by atoms with Crippen molar-refractivity contribution in [1.29, 1.82) is 0 Å². The van der Waals surface area contributed by atoms with Crippen LogP contribution in [0.2, 0.25) is 0 Å². The smallest absolute Gasteiger partial charge is 0.193 e. The number of nitrogens with one attached hydrogen (secondary N) is 1. The van der Waals surface area contributed by atoms with Gasteiger partial charge in [-0.3, -0.25) is 4.99 Å². The highest BCUT2D eigenvalue weighted by molar-refractivity contribution is 14.0. The van der Waals surface area contributed by atoms with Crippen molar-refractivity contribution < 1.29 is 0 Å². The van der Waals surface area contributed by atoms with Crippen LogP contribution in [0.5, 0.6) is 0 Å². The molecule has 2 aromatic rings. The molecule has 0 aliphatic carbocycles. The number of aryl methyl sites for hydroxylation is 1. The summed E-state index contributed by atoms with van der Waals surface area (Å²) in [5.41, 5.74) is 1.43. The number of aromatic nitrogens is 1. The highest BCUT2D eigenvalue weighted by Crippen LogP contribution is 2.26. The van der Waals surface area contributed by atoms with E-state index in [-0.39, 0.29) is 24.0 Å². The van der Waals surface area contributed by atoms with Gasteiger partial charge in [0.05, 0.1) is 11.6 Å². The van der Waals surface area contributed by atoms with Crippen molar-refractivity contribution in [3.8, 4) is 0 Å². The summed E-state index contributed by atoms with van der Waals surface area (Å²) in [5.74, 6) is 1.59. The molecule has 2 heterocycles. The number of rotatable bonds is 3. The molecule has 0 radical (unpaired) electrons. The lowest BCUT2D eigenvalue weighted by Crippen LogP contribution is -2.39. The third-order valence-corrected chi connectivity index (χ3v) is 4.97. The van der Waals surface area contributed by atoms with Crippen molar-refractivity contribution in [2.24, 2.45) is 4.99 Å². The molecule has 1 aliphatic heterocycles. The maximum Gasteiger partial charge on any atom is 0.193 e. The fourth-order valence-corrected chi connectivity index (χ4v) is 3.67. The van der Waals surface area contributed by atoms with Crippen molar-refractivity contribution in [2.45, 2.75) is 25.8 Å². The predicted octanol–water partition coefficient (Wildman–Crippen LogP) is 3.63. The molecule has 124 valence electrons. The summed E-state index contributed by atoms with van der Waals surface area (Å²) in [6, 6.07) is 10.8. The van der Waals surface area contributed by atoms with Crippen molar-refractivity contribution in [3.05, 3.63) is 52.0 Å². The van der Waals surface area contributed by atoms with Crippen molar-refractivity contribution in [3.63, 3.8) is 0 Å². The fourth-order valence-electron chi connectivity index (χ4n) is 2.94. The minimum Gasteiger partial charge on any atom is -0.351 e. The van der Waals surface area contributed by atoms with Crippen LogP contribution in [0.4, 0.5) is 0 Å². The van der Waals surface area contributed by atoms with Crippen LogP contribution in [-0.2, 0) is 6.54 Å². The molecule has 23 heavy (non-hydrogen) atoms. The molecule has 0 saturated carbocycles. The van der Waals surface area contributed by atoms with E-state index in [0.29, 0.717) is 5.92 Å². The van der Waals surface area contributed by atoms with Crippen LogP contribution < -0.4 is 5.32 Å². The highest BCUT2D eigenvalue weighted by Gasteiger charge is 2.25. The van der Waals surface area contributed by atoms with E-state index in [2.05, 4.69) is 50.5 Å². The van der Waals surface area contributed by atoms with E-state index in [4.69, 9.17) is 0 Å². The first kappa shape index (κ1) is 18.2. The van der Waals surface area contributed by atoms with Crippen LogP contribution in [0.25, 0.3) is 0 Å². The molecule has 6 heteroatoms. The van der Waals surface area contributed by atoms with Crippen LogP contribution in [0.1, 0.15) is 27.8 Å². The zero-order valence-corrected chi connectivity index (χ0v) is 16.7. The molecule has 0 spiro atoms. The van der Waals surface area contributed by atoms with Gasteiger partial charge >= 0.3 is 0 Å². The Hall–Kier alpha value is -1.15. The second-order valence-corrected chi connectivity index (χ2v) is 6.91. The summed E-state index contributed by atoms with van der Waals surface area (Å²) < 4.78 is 0. The lowest BCUT2D eigenvalue weighted by atomic mass is 9.99. The van der Waals surface area contributed by atoms with E-state index in [1.54, 1.807) is 11.3 Å². The number of aliphatic imine (C=N–C) groups is 1. The Balaban J connectivity index is 0.00000192. The Bertz CT molecular complexity index is 641. The number of likely N-dealkylation sites (tertiary alicyclic amines) is 1. The topological polar surface area (TPSA) is 40.5 Å². The SMILES string of the molecule is CN=C(NCc1cnc(C)s1)N1CCC(c2ccccc2)C1.I. The number of nitrogens with zero attached hydrogens (tertiary/aromatic N) is 3. The van der Waals surface area contributed by atoms with Gasteiger partial charge in [-0.25, -0.2) is 4.98 Å². The van der Waals surface area contributed by atoms with Gasteiger partial charge in [0.25, 0.3) is 0 Å². The molecule has 1 atom stereocenters. The van der Waals surface area contributed by atoms with Crippen LogP contribution in [-0.4, -0.2) is 36.0 Å². The summed E-state index contributed by atoms with van der Waals surface area (Å²) in [6.07, 6.45) is 3.13. The summed E-state index contributed by atoms with van der Waals surface area (Å²) in [6.45, 7) is 4.92. The minimum absolute atomic E-state index is 0. The van der Waals surface area contributed by atoms with Crippen LogP contribution in [0.3, 0.4) is 0 Å². The van der Waals surface area contributed by atoms with Crippen molar-refractivity contribution >= 4 is 41.3 Å². The molecule has 4 nitrogen and oxygen atoms in total. The first-order valence-corrected chi connectivity index (χ1v) is 8.50. The van der Waals surface area contributed by atoms with Crippen LogP contribution in [0.15, 0.2) is 41.5 Å². The predicted molar refractivity (Wildman–Crippen MR) is 108 cm³/mol. The molecule has 1 fully saturated rings. The Labute approximate surface area is 159 Å². The maximum absolute atomic E-state index is 4.44. The van der Waals surface area contributed by atoms with Gasteiger partial charge in [-0.15, -0.1) is 35.3 Å². The van der Waals surface area contributed by atoms with E-state index in [9.17, 15) is 0 Å². The number of guanidine groups is 1. The Morgan fingerprint density at radius 1 is 1.39 bits per heavy atom. The number of hydrogen-bond acceptors (Lipinski definition) is 3. The second kappa shape index (κ2) is 8.63. The maximum atomic E-state index is 4.44. The Morgan fingerprint density at radius 2 is 2.17 bits per heavy atom. The number of thiazole rings is 1. The molecule has 1 aromatic heterocycles. The first-order valence-electron chi connectivity index (χ1n) is 7.68. The average molecular weight is 442 g/mol. The Morgan fingerprint density at radius 3 is 2.83 bits per heavy atom. The van der Waals surface area contributed by atoms with Crippen LogP contribution >= 0.6 is 35.3 Å². The molecular formula is C17H23IN4S. The zero-order valence-electron chi connectivity index (χ0n) is 13.5. The van der Waals surface area contributed by atoms with E-state index < -0.39 is 0 Å². The van der Waals surface area contributed by atoms with Crippen molar-refractivity contribution in [1.82, 2.24) is 15.2 Å². The minimum atomic E-state index is 0. The molecule has 0 amide bonds. The van der Waals surface area contributed by atoms with Gasteiger partial charge in [0, 0.05) is 37.1 Å². The summed E-state index contributed by atoms with van der Waals surface area (Å²) >= 11 is 1.73. The van der Waals surface area contributed by atoms with E-state index >= 15 is 0 Å². The van der Waals surface area contributed by atoms with Gasteiger partial charge in [0.1, 0.15) is 0 Å². The standard InChI is InChI=1S/C17H22N4S.HI/c1-13-19-10-16(22-13)11-20-17(18-2)21-9-8-15(12-21)14-6-4-3-5-7-14;/h3-7,10,15H,8-9,11-12H2,1-2H3,(H,18,20);1H. The van der Waals surface area contributed by atoms with Crippen molar-refractivity contribution in [2.75, 3.05) is 20.1 Å². The van der Waals surface area contributed by atoms with Gasteiger partial charge in [-0.05, 0) is 18.9 Å². The molecule has 0 bridgehead atoms. The van der Waals surface area contributed by atoms with E-state index in [1.807, 2.05) is 20.2 Å². The van der Waals surface area contributed by atoms with Crippen LogP contribution in [0, 0.1) is 6.92 Å². The molecule has 1 N–H and O–H groups in total. The summed E-state index contributed by atoms with van der Waals surface area (Å²) in [5, 5.41) is 4.57. The summed E-state index contributed by atoms with van der Waals surface area (Å²) in [7, 11) is 1.86. The van der Waals surface area contributed by atoms with E-state index in [0.717, 1.165) is 30.6 Å². The third-order valence-electron chi connectivity index (χ3n) is 4.06. The largest absolute Gasteiger partial charge is 0.351 e. The normalized spacial score (nSPS) is 17.9. The van der Waals surface area contributed by atoms with E-state index in [1.165, 1.54) is 16.9 Å². The Kier molecular flexibility index (Phi) is 6.83. The summed E-state index contributed by atoms with van der Waals surface area (Å²) in [4.78, 5) is 12.3. The van der Waals surface area contributed by atoms with Gasteiger partial charge < -0.3 is 10.2 Å². The lowest BCUT2D eigenvalue weighted by Gasteiger charge is -2.21. The van der Waals surface area contributed by atoms with Gasteiger partial charge in [0.2, 0.25) is 0 Å². The first-order chi connectivity index (χ1) is 10.8. The van der Waals surface area contributed by atoms with Gasteiger partial charge in [0.15, 0.2) is 5.96 Å². The lowest BCUT2D eigenvalue weighted by molar-refractivity contribution is 0.486. The molecule has 1 aromatic carbocycles. The third kappa shape index (κ3) is 4.67. The molecule has 1 saturated heterocycles. The number of halogens is 1. The number of hydrogen-bond donors (Lipinski definition) is 1. The fraction of sp³-hybridized carbons (Fsp3) is 0.412. The molecule has 1 unspecified atom stereocenters. The molecule has 1 aliphatic rings. The zero-order chi connectivity index (χ0) is 15.4. The van der Waals surface area contributed by atoms with Gasteiger partial charge in [-0.2, -0.15) is 0 Å². The molecule has 3 rings (SSSR count). The average Bonchev–Trinajstić information content (AvgIpc) is 3.18. The van der Waals surface area contributed by atoms with Gasteiger partial charge in [-0.1, -0.05) is 30.3 Å². The molecular weight excluding hydrogens is 419 g/mol.